The molecule has 7 aromatic carbocycles. The van der Waals surface area contributed by atoms with Gasteiger partial charge in [0.1, 0.15) is 12.4 Å². The van der Waals surface area contributed by atoms with Gasteiger partial charge in [-0.3, -0.25) is 9.59 Å². The second-order valence-corrected chi connectivity index (χ2v) is 24.5. The standard InChI is InChI=1S/C12H16O2.C12H18O.C12H16O.C12H18.C11H16O.C10H13Br.C10H13Cl.7C2H6/c1-3-9(2)10-5-4-6-11(7-10)12(14)8-13;1-5-9(2)11-6-7-12(13-4)10(3)8-11;1-4-9(2)11-6-5-7-12(8-11)10(3)13;1-5-9(2)12-7-6-10(3)11(4)8-12;1-3-9(2)11-6-4-5-10(7-11)8-12;1-3-8(2)9-5-4-6-10(11)7-9;1-3-8(2)9-4-6-10(11)7-5-9;7*1-2/h4-7,9,13H,3,8H2,1-2H3;6-9H,5H2,1-4H3;5-9H,4H2,1-3H3;6-9H,5H2,1-4H3;4-7,9,12H,3,8H2,1-2H3;2*4-8H,3H2,1-2H3;7*1-2H3. The van der Waals surface area contributed by atoms with Crippen molar-refractivity contribution in [2.45, 2.75) is 315 Å². The number of rotatable bonds is 19. The highest BCUT2D eigenvalue weighted by atomic mass is 79.9. The van der Waals surface area contributed by atoms with E-state index in [-0.39, 0.29) is 18.2 Å². The molecule has 0 saturated heterocycles. The van der Waals surface area contributed by atoms with Gasteiger partial charge in [0, 0.05) is 20.6 Å². The normalized spacial score (nSPS) is 11.4. The van der Waals surface area contributed by atoms with E-state index in [1.54, 1.807) is 20.1 Å². The van der Waals surface area contributed by atoms with Crippen LogP contribution in [0.25, 0.3) is 0 Å². The Bertz CT molecular complexity index is 2980. The van der Waals surface area contributed by atoms with Gasteiger partial charge in [0.15, 0.2) is 11.6 Å². The maximum atomic E-state index is 11.2. The van der Waals surface area contributed by atoms with Gasteiger partial charge in [0.25, 0.3) is 0 Å². The van der Waals surface area contributed by atoms with Crippen molar-refractivity contribution < 1.29 is 24.5 Å². The number of hydrogen-bond donors (Lipinski definition) is 2. The largest absolute Gasteiger partial charge is 0.496 e. The maximum absolute atomic E-state index is 11.2. The Balaban J connectivity index is -0.000000196. The minimum Gasteiger partial charge on any atom is -0.496 e. The fourth-order valence-electron chi connectivity index (χ4n) is 8.71. The monoisotopic (exact) mass is 1460 g/mol. The van der Waals surface area contributed by atoms with E-state index in [4.69, 9.17) is 26.6 Å². The van der Waals surface area contributed by atoms with E-state index in [9.17, 15) is 9.59 Å². The van der Waals surface area contributed by atoms with Crippen molar-refractivity contribution in [1.82, 2.24) is 0 Å². The van der Waals surface area contributed by atoms with E-state index in [0.29, 0.717) is 47.0 Å². The van der Waals surface area contributed by atoms with Crippen molar-refractivity contribution in [2.75, 3.05) is 13.7 Å². The zero-order chi connectivity index (χ0) is 78.9. The van der Waals surface area contributed by atoms with Crippen LogP contribution in [0.1, 0.15) is 369 Å². The van der Waals surface area contributed by atoms with Gasteiger partial charge in [0.2, 0.25) is 0 Å². The summed E-state index contributed by atoms with van der Waals surface area (Å²) in [7, 11) is 1.71. The number of carbonyl (C=O) groups excluding carboxylic acids is 2. The SMILES string of the molecule is CC.CC.CC.CC.CC.CC.CC.CCC(C)c1ccc(C)c(C)c1.CCC(C)c1ccc(Cl)cc1.CCC(C)c1ccc(OC)c(C)c1.CCC(C)c1cccc(Br)c1.CCC(C)c1cccc(C(=O)CO)c1.CCC(C)c1cccc(C(C)=O)c1.CCC(C)c1cccc(CO)c1. The number of halogens is 2. The van der Waals surface area contributed by atoms with Crippen LogP contribution in [0.15, 0.2) is 162 Å². The van der Waals surface area contributed by atoms with E-state index >= 15 is 0 Å². The highest BCUT2D eigenvalue weighted by Crippen LogP contribution is 2.27. The highest BCUT2D eigenvalue weighted by molar-refractivity contribution is 9.10. The molecule has 0 bridgehead atoms. The molecule has 7 aromatic rings. The molecule has 0 fully saturated rings. The van der Waals surface area contributed by atoms with Crippen LogP contribution in [0.4, 0.5) is 0 Å². The first-order valence-corrected chi connectivity index (χ1v) is 39.9. The van der Waals surface area contributed by atoms with Crippen LogP contribution in [-0.4, -0.2) is 35.5 Å². The van der Waals surface area contributed by atoms with Crippen LogP contribution in [0.3, 0.4) is 0 Å². The number of methoxy groups -OCH3 is 1. The number of aliphatic hydroxyl groups excluding tert-OH is 2. The first-order valence-electron chi connectivity index (χ1n) is 38.7. The van der Waals surface area contributed by atoms with Gasteiger partial charge >= 0.3 is 0 Å². The zero-order valence-electron chi connectivity index (χ0n) is 70.3. The number of hydrogen-bond acceptors (Lipinski definition) is 5. The molecule has 5 nitrogen and oxygen atoms in total. The molecule has 0 aliphatic rings. The third-order valence-corrected chi connectivity index (χ3v) is 17.5. The quantitative estimate of drug-likeness (QED) is 0.0788. The first kappa shape index (κ1) is 108. The number of benzene rings is 7. The lowest BCUT2D eigenvalue weighted by atomic mass is 9.95. The molecule has 0 aromatic heterocycles. The number of aliphatic hydroxyl groups is 2. The minimum atomic E-state index is -0.413. The summed E-state index contributed by atoms with van der Waals surface area (Å²) in [4.78, 5) is 22.3. The molecule has 0 spiro atoms. The Kier molecular flexibility index (Phi) is 77.3. The van der Waals surface area contributed by atoms with E-state index in [1.165, 1.54) is 80.2 Å². The van der Waals surface area contributed by atoms with E-state index < -0.39 is 6.61 Å². The smallest absolute Gasteiger partial charge is 0.188 e. The van der Waals surface area contributed by atoms with Gasteiger partial charge in [-0.15, -0.1) is 0 Å². The fourth-order valence-corrected chi connectivity index (χ4v) is 9.25. The van der Waals surface area contributed by atoms with E-state index in [1.807, 2.05) is 158 Å². The third-order valence-electron chi connectivity index (χ3n) is 16.7. The van der Waals surface area contributed by atoms with Gasteiger partial charge in [-0.1, -0.05) is 337 Å². The average molecular weight is 1470 g/mol. The Hall–Kier alpha value is -5.63. The Morgan fingerprint density at radius 3 is 1.03 bits per heavy atom. The van der Waals surface area contributed by atoms with Crippen LogP contribution >= 0.6 is 27.5 Å². The van der Waals surface area contributed by atoms with Gasteiger partial charge < -0.3 is 14.9 Å². The van der Waals surface area contributed by atoms with Crippen molar-refractivity contribution >= 4 is 39.1 Å². The second kappa shape index (κ2) is 71.8. The molecule has 7 atom stereocenters. The lowest BCUT2D eigenvalue weighted by molar-refractivity contribution is 0.0903. The molecule has 568 valence electrons. The predicted molar refractivity (Wildman–Crippen MR) is 456 cm³/mol. The Morgan fingerprint density at radius 1 is 0.380 bits per heavy atom. The summed E-state index contributed by atoms with van der Waals surface area (Å²) in [5.41, 5.74) is 15.9. The third kappa shape index (κ3) is 48.3. The molecule has 0 radical (unpaired) electrons. The van der Waals surface area contributed by atoms with E-state index in [0.717, 1.165) is 46.7 Å². The highest BCUT2D eigenvalue weighted by Gasteiger charge is 2.10. The molecule has 7 rings (SSSR count). The molecule has 0 saturated carbocycles. The molecule has 2 N–H and O–H groups in total. The molecule has 0 aliphatic heterocycles. The lowest BCUT2D eigenvalue weighted by Crippen LogP contribution is -2.05. The number of ether oxygens (including phenoxy) is 1. The van der Waals surface area contributed by atoms with Crippen LogP contribution in [0, 0.1) is 20.8 Å². The van der Waals surface area contributed by atoms with Gasteiger partial charge in [-0.05, 0) is 218 Å². The summed E-state index contributed by atoms with van der Waals surface area (Å²) in [5.74, 6) is 5.17. The predicted octanol–water partition coefficient (Wildman–Crippen LogP) is 30.8. The molecule has 0 amide bonds. The lowest BCUT2D eigenvalue weighted by Gasteiger charge is -2.11. The molecule has 7 heteroatoms. The summed E-state index contributed by atoms with van der Waals surface area (Å²) >= 11 is 9.22. The molecule has 0 heterocycles. The average Bonchev–Trinajstić information content (AvgIpc) is 0.919. The van der Waals surface area contributed by atoms with Crippen LogP contribution in [0.2, 0.25) is 5.02 Å². The second-order valence-electron chi connectivity index (χ2n) is 23.1. The molecule has 100 heavy (non-hydrogen) atoms. The maximum Gasteiger partial charge on any atom is 0.188 e. The topological polar surface area (TPSA) is 83.8 Å². The number of carbonyl (C=O) groups is 2. The Labute approximate surface area is 633 Å². The van der Waals surface area contributed by atoms with Gasteiger partial charge in [0.05, 0.1) is 13.7 Å². The molecule has 0 aliphatic carbocycles. The van der Waals surface area contributed by atoms with Crippen molar-refractivity contribution in [3.05, 3.63) is 240 Å². The molecule has 7 unspecified atom stereocenters. The summed E-state index contributed by atoms with van der Waals surface area (Å²) < 4.78 is 6.39. The fraction of sp³-hybridized carbons (Fsp3) is 0.527. The minimum absolute atomic E-state index is 0.143. The van der Waals surface area contributed by atoms with E-state index in [2.05, 4.69) is 225 Å². The van der Waals surface area contributed by atoms with Gasteiger partial charge in [-0.25, -0.2) is 0 Å². The van der Waals surface area contributed by atoms with Crippen molar-refractivity contribution in [2.24, 2.45) is 0 Å². The first-order chi connectivity index (χ1) is 47.9. The van der Waals surface area contributed by atoms with Gasteiger partial charge in [-0.2, -0.15) is 0 Å². The summed E-state index contributed by atoms with van der Waals surface area (Å²) in [5, 5.41) is 18.5. The summed E-state index contributed by atoms with van der Waals surface area (Å²) in [6.45, 7) is 66.6. The number of ketones is 2. The number of Topliss-reactive ketones (excluding diaryl/α,β-unsaturated/α-hetero) is 2. The number of aryl methyl sites for hydroxylation is 3. The van der Waals surface area contributed by atoms with Crippen molar-refractivity contribution in [3.63, 3.8) is 0 Å². The van der Waals surface area contributed by atoms with Crippen molar-refractivity contribution in [3.8, 4) is 5.75 Å². The van der Waals surface area contributed by atoms with Crippen molar-refractivity contribution in [1.29, 1.82) is 0 Å². The van der Waals surface area contributed by atoms with Crippen LogP contribution in [-0.2, 0) is 6.61 Å². The summed E-state index contributed by atoms with van der Waals surface area (Å²) in [6.07, 6.45) is 8.11. The molecular formula is C93H152BrClO5. The van der Waals surface area contributed by atoms with Crippen LogP contribution < -0.4 is 4.74 Å². The van der Waals surface area contributed by atoms with Crippen LogP contribution in [0.5, 0.6) is 5.75 Å². The zero-order valence-corrected chi connectivity index (χ0v) is 72.6. The summed E-state index contributed by atoms with van der Waals surface area (Å²) in [6, 6.07) is 53.3. The Morgan fingerprint density at radius 2 is 0.690 bits per heavy atom. The molecular weight excluding hydrogens is 1310 g/mol.